The molecule has 2 aliphatic rings. The average molecular weight is 332 g/mol. The van der Waals surface area contributed by atoms with Crippen LogP contribution in [0.25, 0.3) is 0 Å². The Labute approximate surface area is 136 Å². The van der Waals surface area contributed by atoms with E-state index in [1.54, 1.807) is 4.31 Å². The number of aryl methyl sites for hydroxylation is 1. The van der Waals surface area contributed by atoms with Gasteiger partial charge in [0.05, 0.1) is 18.3 Å². The number of hydrogen-bond donors (Lipinski definition) is 0. The van der Waals surface area contributed by atoms with E-state index in [9.17, 15) is 8.42 Å². The van der Waals surface area contributed by atoms with Crippen molar-refractivity contribution in [3.05, 3.63) is 47.5 Å². The molecule has 1 saturated heterocycles. The van der Waals surface area contributed by atoms with E-state index in [2.05, 4.69) is 14.8 Å². The van der Waals surface area contributed by atoms with Crippen LogP contribution in [0.2, 0.25) is 0 Å². The van der Waals surface area contributed by atoms with Gasteiger partial charge in [-0.25, -0.2) is 8.42 Å². The van der Waals surface area contributed by atoms with Gasteiger partial charge in [0, 0.05) is 6.04 Å². The van der Waals surface area contributed by atoms with Crippen molar-refractivity contribution in [3.63, 3.8) is 0 Å². The summed E-state index contributed by atoms with van der Waals surface area (Å²) in [5.41, 5.74) is 1.04. The molecular weight excluding hydrogens is 312 g/mol. The molecule has 0 N–H and O–H groups in total. The minimum Gasteiger partial charge on any atom is -0.311 e. The monoisotopic (exact) mass is 332 g/mol. The van der Waals surface area contributed by atoms with E-state index in [0.29, 0.717) is 19.0 Å². The fraction of sp³-hybridized carbons (Fsp3) is 0.500. The number of hydrogen-bond acceptors (Lipinski definition) is 4. The molecule has 1 aromatic heterocycles. The van der Waals surface area contributed by atoms with Gasteiger partial charge in [0.25, 0.3) is 0 Å². The molecular formula is C16H20N4O2S. The van der Waals surface area contributed by atoms with Gasteiger partial charge in [0.15, 0.2) is 0 Å². The number of benzene rings is 1. The predicted octanol–water partition coefficient (Wildman–Crippen LogP) is 2.20. The van der Waals surface area contributed by atoms with Gasteiger partial charge in [0.1, 0.15) is 11.6 Å². The highest BCUT2D eigenvalue weighted by atomic mass is 32.2. The molecule has 7 heteroatoms. The second-order valence-electron chi connectivity index (χ2n) is 6.34. The average Bonchev–Trinajstić information content (AvgIpc) is 3.24. The molecule has 4 rings (SSSR count). The minimum atomic E-state index is -3.24. The highest BCUT2D eigenvalue weighted by Crippen LogP contribution is 2.39. The Bertz CT molecular complexity index is 812. The van der Waals surface area contributed by atoms with Crippen molar-refractivity contribution in [1.29, 1.82) is 0 Å². The smallest absolute Gasteiger partial charge is 0.215 e. The fourth-order valence-electron chi connectivity index (χ4n) is 3.40. The summed E-state index contributed by atoms with van der Waals surface area (Å²) in [4.78, 5) is 0. The molecule has 1 aliphatic heterocycles. The molecule has 6 nitrogen and oxygen atoms in total. The quantitative estimate of drug-likeness (QED) is 0.861. The van der Waals surface area contributed by atoms with Crippen LogP contribution in [0, 0.1) is 6.92 Å². The van der Waals surface area contributed by atoms with E-state index in [0.717, 1.165) is 30.1 Å². The first-order valence-corrected chi connectivity index (χ1v) is 9.62. The van der Waals surface area contributed by atoms with Gasteiger partial charge < -0.3 is 4.57 Å². The Balaban J connectivity index is 1.67. The third kappa shape index (κ3) is 2.68. The summed E-state index contributed by atoms with van der Waals surface area (Å²) in [6.07, 6.45) is 2.88. The molecule has 2 heterocycles. The third-order valence-corrected chi connectivity index (χ3v) is 6.53. The Morgan fingerprint density at radius 2 is 1.87 bits per heavy atom. The molecule has 1 aromatic carbocycles. The first kappa shape index (κ1) is 14.8. The summed E-state index contributed by atoms with van der Waals surface area (Å²) < 4.78 is 28.8. The van der Waals surface area contributed by atoms with Crippen molar-refractivity contribution < 1.29 is 8.42 Å². The molecule has 0 radical (unpaired) electrons. The Hall–Kier alpha value is -1.73. The van der Waals surface area contributed by atoms with Crippen LogP contribution in [0.4, 0.5) is 0 Å². The number of rotatable bonds is 4. The highest BCUT2D eigenvalue weighted by Gasteiger charge is 2.40. The summed E-state index contributed by atoms with van der Waals surface area (Å²) in [6, 6.07) is 10.2. The lowest BCUT2D eigenvalue weighted by atomic mass is 10.0. The standard InChI is InChI=1S/C16H20N4O2S/c1-12-17-18-16(20(12)14-7-8-14)11-19-15(9-10-23(19,21)22)13-5-3-2-4-6-13/h2-6,14-15H,7-11H2,1H3. The lowest BCUT2D eigenvalue weighted by molar-refractivity contribution is 0.330. The van der Waals surface area contributed by atoms with E-state index in [4.69, 9.17) is 0 Å². The van der Waals surface area contributed by atoms with Gasteiger partial charge in [-0.05, 0) is 31.7 Å². The molecule has 1 aliphatic carbocycles. The largest absolute Gasteiger partial charge is 0.311 e. The molecule has 2 fully saturated rings. The Morgan fingerprint density at radius 1 is 1.13 bits per heavy atom. The molecule has 1 saturated carbocycles. The molecule has 1 atom stereocenters. The third-order valence-electron chi connectivity index (χ3n) is 4.68. The van der Waals surface area contributed by atoms with Gasteiger partial charge in [-0.15, -0.1) is 10.2 Å². The van der Waals surface area contributed by atoms with Gasteiger partial charge in [-0.2, -0.15) is 4.31 Å². The zero-order valence-corrected chi connectivity index (χ0v) is 13.9. The number of aromatic nitrogens is 3. The Morgan fingerprint density at radius 3 is 2.57 bits per heavy atom. The minimum absolute atomic E-state index is 0.106. The molecule has 0 amide bonds. The van der Waals surface area contributed by atoms with Crippen LogP contribution in [0.5, 0.6) is 0 Å². The molecule has 122 valence electrons. The zero-order valence-electron chi connectivity index (χ0n) is 13.1. The highest BCUT2D eigenvalue weighted by molar-refractivity contribution is 7.89. The van der Waals surface area contributed by atoms with E-state index in [1.807, 2.05) is 37.3 Å². The van der Waals surface area contributed by atoms with Crippen molar-refractivity contribution in [3.8, 4) is 0 Å². The molecule has 2 aromatic rings. The van der Waals surface area contributed by atoms with Crippen molar-refractivity contribution in [2.75, 3.05) is 5.75 Å². The summed E-state index contributed by atoms with van der Waals surface area (Å²) in [6.45, 7) is 2.24. The van der Waals surface area contributed by atoms with Crippen LogP contribution in [-0.4, -0.2) is 33.2 Å². The van der Waals surface area contributed by atoms with Gasteiger partial charge in [-0.1, -0.05) is 30.3 Å². The Kier molecular flexibility index (Phi) is 3.50. The maximum absolute atomic E-state index is 12.5. The normalized spacial score (nSPS) is 24.1. The second kappa shape index (κ2) is 5.42. The van der Waals surface area contributed by atoms with Crippen molar-refractivity contribution in [2.24, 2.45) is 0 Å². The van der Waals surface area contributed by atoms with E-state index >= 15 is 0 Å². The van der Waals surface area contributed by atoms with Gasteiger partial charge in [-0.3, -0.25) is 0 Å². The van der Waals surface area contributed by atoms with Crippen LogP contribution < -0.4 is 0 Å². The van der Waals surface area contributed by atoms with Crippen LogP contribution in [-0.2, 0) is 16.6 Å². The van der Waals surface area contributed by atoms with Crippen molar-refractivity contribution >= 4 is 10.0 Å². The SMILES string of the molecule is Cc1nnc(CN2C(c3ccccc3)CCS2(=O)=O)n1C1CC1. The number of sulfonamides is 1. The van der Waals surface area contributed by atoms with Crippen LogP contribution in [0.15, 0.2) is 30.3 Å². The van der Waals surface area contributed by atoms with Crippen LogP contribution in [0.1, 0.15) is 48.6 Å². The maximum Gasteiger partial charge on any atom is 0.215 e. The van der Waals surface area contributed by atoms with E-state index in [-0.39, 0.29) is 11.8 Å². The van der Waals surface area contributed by atoms with E-state index < -0.39 is 10.0 Å². The van der Waals surface area contributed by atoms with Gasteiger partial charge in [0.2, 0.25) is 10.0 Å². The lowest BCUT2D eigenvalue weighted by Crippen LogP contribution is -2.29. The van der Waals surface area contributed by atoms with Crippen molar-refractivity contribution in [2.45, 2.75) is 44.8 Å². The topological polar surface area (TPSA) is 68.1 Å². The molecule has 0 spiro atoms. The lowest BCUT2D eigenvalue weighted by Gasteiger charge is -2.23. The van der Waals surface area contributed by atoms with E-state index in [1.165, 1.54) is 0 Å². The van der Waals surface area contributed by atoms with Crippen LogP contribution >= 0.6 is 0 Å². The first-order chi connectivity index (χ1) is 11.1. The summed E-state index contributed by atoms with van der Waals surface area (Å²) >= 11 is 0. The first-order valence-electron chi connectivity index (χ1n) is 8.01. The molecule has 23 heavy (non-hydrogen) atoms. The summed E-state index contributed by atoms with van der Waals surface area (Å²) in [5.74, 6) is 1.83. The number of nitrogens with zero attached hydrogens (tertiary/aromatic N) is 4. The van der Waals surface area contributed by atoms with Gasteiger partial charge >= 0.3 is 0 Å². The zero-order chi connectivity index (χ0) is 16.0. The summed E-state index contributed by atoms with van der Waals surface area (Å²) in [7, 11) is -3.24. The van der Waals surface area contributed by atoms with Crippen LogP contribution in [0.3, 0.4) is 0 Å². The second-order valence-corrected chi connectivity index (χ2v) is 8.38. The molecule has 1 unspecified atom stereocenters. The predicted molar refractivity (Wildman–Crippen MR) is 86.2 cm³/mol. The van der Waals surface area contributed by atoms with Crippen molar-refractivity contribution in [1.82, 2.24) is 19.1 Å². The fourth-order valence-corrected chi connectivity index (χ4v) is 5.08. The molecule has 0 bridgehead atoms. The maximum atomic E-state index is 12.5. The summed E-state index contributed by atoms with van der Waals surface area (Å²) in [5, 5.41) is 8.40.